The Morgan fingerprint density at radius 3 is 2.75 bits per heavy atom. The average Bonchev–Trinajstić information content (AvgIpc) is 3.29. The van der Waals surface area contributed by atoms with Crippen molar-refractivity contribution in [2.24, 2.45) is 5.92 Å². The summed E-state index contributed by atoms with van der Waals surface area (Å²) in [6.07, 6.45) is 5.10. The Bertz CT molecular complexity index is 458. The van der Waals surface area contributed by atoms with Crippen LogP contribution >= 0.6 is 0 Å². The Morgan fingerprint density at radius 1 is 1.25 bits per heavy atom. The Kier molecular flexibility index (Phi) is 4.05. The van der Waals surface area contributed by atoms with Gasteiger partial charge in [0.15, 0.2) is 0 Å². The molecule has 1 aromatic heterocycles. The van der Waals surface area contributed by atoms with E-state index in [-0.39, 0.29) is 0 Å². The van der Waals surface area contributed by atoms with E-state index in [1.165, 1.54) is 38.8 Å². The van der Waals surface area contributed by atoms with Crippen LogP contribution in [-0.4, -0.2) is 48.6 Å². The molecular formula is C15H25N5. The fraction of sp³-hybridized carbons (Fsp3) is 0.733. The fourth-order valence-electron chi connectivity index (χ4n) is 2.90. The van der Waals surface area contributed by atoms with Crippen molar-refractivity contribution in [2.45, 2.75) is 31.6 Å². The van der Waals surface area contributed by atoms with Crippen molar-refractivity contribution in [3.8, 4) is 0 Å². The van der Waals surface area contributed by atoms with Gasteiger partial charge in [-0.05, 0) is 45.2 Å². The van der Waals surface area contributed by atoms with Crippen molar-refractivity contribution in [3.63, 3.8) is 0 Å². The summed E-state index contributed by atoms with van der Waals surface area (Å²) in [4.78, 5) is 11.6. The first-order valence-electron chi connectivity index (χ1n) is 7.73. The lowest BCUT2D eigenvalue weighted by Gasteiger charge is -2.29. The molecule has 0 aromatic carbocycles. The Morgan fingerprint density at radius 2 is 2.05 bits per heavy atom. The van der Waals surface area contributed by atoms with Crippen molar-refractivity contribution in [1.29, 1.82) is 0 Å². The summed E-state index contributed by atoms with van der Waals surface area (Å²) in [5, 5.41) is 6.65. The average molecular weight is 275 g/mol. The van der Waals surface area contributed by atoms with Gasteiger partial charge < -0.3 is 15.5 Å². The van der Waals surface area contributed by atoms with Crippen molar-refractivity contribution < 1.29 is 0 Å². The lowest BCUT2D eigenvalue weighted by Crippen LogP contribution is -2.35. The summed E-state index contributed by atoms with van der Waals surface area (Å²) in [6, 6.07) is 2.01. The molecule has 1 aliphatic carbocycles. The molecule has 0 amide bonds. The van der Waals surface area contributed by atoms with E-state index in [4.69, 9.17) is 0 Å². The summed E-state index contributed by atoms with van der Waals surface area (Å²) >= 11 is 0. The highest BCUT2D eigenvalue weighted by Crippen LogP contribution is 2.38. The van der Waals surface area contributed by atoms with Crippen molar-refractivity contribution >= 4 is 11.6 Å². The fourth-order valence-corrected chi connectivity index (χ4v) is 2.90. The maximum atomic E-state index is 4.67. The predicted molar refractivity (Wildman–Crippen MR) is 82.3 cm³/mol. The number of nitrogens with zero attached hydrogens (tertiary/aromatic N) is 3. The van der Waals surface area contributed by atoms with Gasteiger partial charge in [-0.25, -0.2) is 9.97 Å². The molecule has 1 aromatic rings. The third-order valence-electron chi connectivity index (χ3n) is 4.24. The second kappa shape index (κ2) is 5.95. The van der Waals surface area contributed by atoms with Gasteiger partial charge in [-0.15, -0.1) is 0 Å². The Balaban J connectivity index is 1.62. The normalized spacial score (nSPS) is 23.6. The largest absolute Gasteiger partial charge is 0.373 e. The van der Waals surface area contributed by atoms with Gasteiger partial charge in [0.2, 0.25) is 0 Å². The van der Waals surface area contributed by atoms with Crippen LogP contribution in [0, 0.1) is 5.92 Å². The van der Waals surface area contributed by atoms with Crippen LogP contribution in [0.4, 0.5) is 11.6 Å². The van der Waals surface area contributed by atoms with Crippen LogP contribution in [-0.2, 0) is 0 Å². The number of rotatable bonds is 5. The number of piperidine rings is 1. The summed E-state index contributed by atoms with van der Waals surface area (Å²) < 4.78 is 0. The van der Waals surface area contributed by atoms with E-state index in [1.54, 1.807) is 0 Å². The third kappa shape index (κ3) is 3.39. The van der Waals surface area contributed by atoms with Crippen LogP contribution in [0.3, 0.4) is 0 Å². The van der Waals surface area contributed by atoms with E-state index < -0.39 is 0 Å². The molecule has 0 spiro atoms. The number of hydrogen-bond acceptors (Lipinski definition) is 5. The molecule has 1 atom stereocenters. The molecule has 1 aliphatic heterocycles. The van der Waals surface area contributed by atoms with Crippen LogP contribution in [0.2, 0.25) is 0 Å². The number of anilines is 2. The third-order valence-corrected chi connectivity index (χ3v) is 4.24. The highest BCUT2D eigenvalue weighted by molar-refractivity contribution is 5.47. The van der Waals surface area contributed by atoms with Gasteiger partial charge in [0.1, 0.15) is 17.5 Å². The van der Waals surface area contributed by atoms with E-state index >= 15 is 0 Å². The molecule has 1 saturated heterocycles. The zero-order valence-corrected chi connectivity index (χ0v) is 12.5. The molecule has 1 saturated carbocycles. The first-order valence-corrected chi connectivity index (χ1v) is 7.73. The highest BCUT2D eigenvalue weighted by Gasteiger charge is 2.27. The smallest absolute Gasteiger partial charge is 0.136 e. The number of likely N-dealkylation sites (tertiary alicyclic amines) is 1. The first kappa shape index (κ1) is 13.6. The minimum absolute atomic E-state index is 0.588. The zero-order chi connectivity index (χ0) is 13.9. The molecule has 2 fully saturated rings. The molecule has 20 heavy (non-hydrogen) atoms. The molecule has 0 bridgehead atoms. The number of nitrogens with one attached hydrogen (secondary N) is 2. The summed E-state index contributed by atoms with van der Waals surface area (Å²) in [7, 11) is 4.13. The Labute approximate surface area is 121 Å². The van der Waals surface area contributed by atoms with Gasteiger partial charge in [-0.1, -0.05) is 0 Å². The lowest BCUT2D eigenvalue weighted by molar-refractivity contribution is 0.217. The van der Waals surface area contributed by atoms with Crippen LogP contribution in [0.25, 0.3) is 0 Å². The summed E-state index contributed by atoms with van der Waals surface area (Å²) in [5.41, 5.74) is 0. The van der Waals surface area contributed by atoms with Gasteiger partial charge in [0, 0.05) is 32.1 Å². The van der Waals surface area contributed by atoms with Crippen molar-refractivity contribution in [1.82, 2.24) is 14.9 Å². The molecule has 5 nitrogen and oxygen atoms in total. The van der Waals surface area contributed by atoms with E-state index in [0.29, 0.717) is 5.92 Å². The lowest BCUT2D eigenvalue weighted by atomic mass is 9.98. The van der Waals surface area contributed by atoms with Crippen LogP contribution in [0.15, 0.2) is 6.07 Å². The molecule has 2 heterocycles. The summed E-state index contributed by atoms with van der Waals surface area (Å²) in [6.45, 7) is 3.43. The Hall–Kier alpha value is -1.36. The topological polar surface area (TPSA) is 53.1 Å². The van der Waals surface area contributed by atoms with E-state index in [1.807, 2.05) is 13.1 Å². The van der Waals surface area contributed by atoms with Crippen molar-refractivity contribution in [2.75, 3.05) is 44.4 Å². The van der Waals surface area contributed by atoms with Gasteiger partial charge in [0.05, 0.1) is 0 Å². The molecular weight excluding hydrogens is 250 g/mol. The van der Waals surface area contributed by atoms with Gasteiger partial charge in [-0.2, -0.15) is 0 Å². The van der Waals surface area contributed by atoms with E-state index in [9.17, 15) is 0 Å². The molecule has 5 heteroatoms. The quantitative estimate of drug-likeness (QED) is 0.862. The molecule has 1 unspecified atom stereocenters. The second-order valence-corrected chi connectivity index (χ2v) is 6.17. The molecule has 2 aliphatic rings. The number of aromatic nitrogens is 2. The van der Waals surface area contributed by atoms with E-state index in [2.05, 4.69) is 32.5 Å². The molecule has 3 rings (SSSR count). The molecule has 2 N–H and O–H groups in total. The first-order chi connectivity index (χ1) is 9.74. The van der Waals surface area contributed by atoms with Gasteiger partial charge >= 0.3 is 0 Å². The predicted octanol–water partition coefficient (Wildman–Crippen LogP) is 2.15. The second-order valence-electron chi connectivity index (χ2n) is 6.17. The zero-order valence-electron chi connectivity index (χ0n) is 12.5. The van der Waals surface area contributed by atoms with E-state index in [0.717, 1.165) is 29.9 Å². The number of hydrogen-bond donors (Lipinski definition) is 2. The standard InChI is InChI=1S/C15H25N5/c1-16-13-8-14(19-15(18-13)12-5-6-12)17-9-11-4-3-7-20(2)10-11/h8,11-12H,3-7,9-10H2,1-2H3,(H2,16,17,18,19). The van der Waals surface area contributed by atoms with Gasteiger partial charge in [-0.3, -0.25) is 0 Å². The van der Waals surface area contributed by atoms with Gasteiger partial charge in [0.25, 0.3) is 0 Å². The minimum atomic E-state index is 0.588. The van der Waals surface area contributed by atoms with Crippen LogP contribution < -0.4 is 10.6 Å². The monoisotopic (exact) mass is 275 g/mol. The molecule has 0 radical (unpaired) electrons. The van der Waals surface area contributed by atoms with Crippen LogP contribution in [0.5, 0.6) is 0 Å². The maximum Gasteiger partial charge on any atom is 0.136 e. The van der Waals surface area contributed by atoms with Crippen molar-refractivity contribution in [3.05, 3.63) is 11.9 Å². The summed E-state index contributed by atoms with van der Waals surface area (Å²) in [5.74, 6) is 4.21. The minimum Gasteiger partial charge on any atom is -0.373 e. The molecule has 110 valence electrons. The SMILES string of the molecule is CNc1cc(NCC2CCCN(C)C2)nc(C2CC2)n1. The van der Waals surface area contributed by atoms with Crippen LogP contribution in [0.1, 0.15) is 37.4 Å². The maximum absolute atomic E-state index is 4.67. The highest BCUT2D eigenvalue weighted by atomic mass is 15.1.